The first-order chi connectivity index (χ1) is 17.6. The molecule has 0 bridgehead atoms. The van der Waals surface area contributed by atoms with Crippen LogP contribution in [0, 0.1) is 5.41 Å². The molecule has 9 nitrogen and oxygen atoms in total. The van der Waals surface area contributed by atoms with E-state index in [0.29, 0.717) is 17.4 Å². The minimum Gasteiger partial charge on any atom is -0.383 e. The van der Waals surface area contributed by atoms with Crippen LogP contribution in [-0.4, -0.2) is 105 Å². The van der Waals surface area contributed by atoms with Gasteiger partial charge in [0.15, 0.2) is 0 Å². The van der Waals surface area contributed by atoms with Crippen molar-refractivity contribution in [3.8, 4) is 0 Å². The molecule has 1 amide bonds. The van der Waals surface area contributed by atoms with Gasteiger partial charge in [-0.15, -0.1) is 0 Å². The second-order valence-electron chi connectivity index (χ2n) is 10.5. The first-order valence-electron chi connectivity index (χ1n) is 13.9. The Morgan fingerprint density at radius 3 is 2.47 bits per heavy atom. The molecule has 1 aromatic rings. The van der Waals surface area contributed by atoms with Gasteiger partial charge < -0.3 is 25.2 Å². The smallest absolute Gasteiger partial charge is 0.270 e. The van der Waals surface area contributed by atoms with E-state index in [1.165, 1.54) is 45.1 Å². The normalized spacial score (nSPS) is 22.4. The predicted octanol–water partition coefficient (Wildman–Crippen LogP) is 2.56. The average molecular weight is 500 g/mol. The highest BCUT2D eigenvalue weighted by atomic mass is 16.5. The lowest BCUT2D eigenvalue weighted by Crippen LogP contribution is -2.48. The van der Waals surface area contributed by atoms with Gasteiger partial charge in [-0.25, -0.2) is 4.98 Å². The zero-order chi connectivity index (χ0) is 25.3. The molecule has 0 aromatic carbocycles. The van der Waals surface area contributed by atoms with Crippen LogP contribution in [-0.2, 0) is 9.53 Å². The van der Waals surface area contributed by atoms with Gasteiger partial charge in [0.1, 0.15) is 17.3 Å². The number of nitrogens with zero attached hydrogens (tertiary/aromatic N) is 4. The van der Waals surface area contributed by atoms with Crippen LogP contribution in [0.2, 0.25) is 0 Å². The van der Waals surface area contributed by atoms with Crippen LogP contribution >= 0.6 is 0 Å². The summed E-state index contributed by atoms with van der Waals surface area (Å²) in [5, 5.41) is 14.8. The van der Waals surface area contributed by atoms with E-state index in [0.717, 1.165) is 64.5 Å². The molecule has 1 unspecified atom stereocenters. The number of aromatic nitrogens is 1. The highest BCUT2D eigenvalue weighted by molar-refractivity contribution is 6.45. The number of carbonyl (C=O) groups is 1. The summed E-state index contributed by atoms with van der Waals surface area (Å²) in [6, 6.07) is 4.51. The number of nitrogens with one attached hydrogen (secondary N) is 3. The molecule has 1 atom stereocenters. The number of piperidine rings is 1. The van der Waals surface area contributed by atoms with Crippen molar-refractivity contribution in [1.82, 2.24) is 20.1 Å². The van der Waals surface area contributed by atoms with Crippen LogP contribution in [0.15, 0.2) is 12.1 Å². The van der Waals surface area contributed by atoms with E-state index < -0.39 is 0 Å². The van der Waals surface area contributed by atoms with Crippen LogP contribution in [0.1, 0.15) is 56.9 Å². The SMILES string of the molecule is CNc1nc(N2CCCCCC2)ccc1C(=N)C(=O)NC1CCN(CCN2CCCC2COC)CC1. The second kappa shape index (κ2) is 13.4. The van der Waals surface area contributed by atoms with Gasteiger partial charge in [-0.1, -0.05) is 12.8 Å². The van der Waals surface area contributed by atoms with E-state index in [2.05, 4.69) is 25.3 Å². The fourth-order valence-electron chi connectivity index (χ4n) is 5.84. The molecule has 3 aliphatic heterocycles. The standard InChI is InChI=1S/C27H45N7O2/c1-29-26-23(9-10-24(31-26)34-13-5-3-4-6-14-34)25(28)27(35)30-21-11-16-32(17-12-21)18-19-33-15-7-8-22(33)20-36-2/h9-10,21-22,28H,3-8,11-20H2,1-2H3,(H,29,31)(H,30,35). The molecule has 4 rings (SSSR count). The van der Waals surface area contributed by atoms with Gasteiger partial charge >= 0.3 is 0 Å². The van der Waals surface area contributed by atoms with Crippen LogP contribution in [0.25, 0.3) is 0 Å². The van der Waals surface area contributed by atoms with Crippen LogP contribution < -0.4 is 15.5 Å². The number of methoxy groups -OCH3 is 1. The summed E-state index contributed by atoms with van der Waals surface area (Å²) in [5.41, 5.74) is 0.539. The third kappa shape index (κ3) is 6.95. The zero-order valence-corrected chi connectivity index (χ0v) is 22.2. The van der Waals surface area contributed by atoms with E-state index in [9.17, 15) is 4.79 Å². The van der Waals surface area contributed by atoms with Gasteiger partial charge in [-0.2, -0.15) is 0 Å². The quantitative estimate of drug-likeness (QED) is 0.426. The number of ether oxygens (including phenoxy) is 1. The Kier molecular flexibility index (Phi) is 9.95. The number of pyridine rings is 1. The van der Waals surface area contributed by atoms with Crippen molar-refractivity contribution < 1.29 is 9.53 Å². The van der Waals surface area contributed by atoms with E-state index in [1.807, 2.05) is 12.1 Å². The number of hydrogen-bond acceptors (Lipinski definition) is 8. The van der Waals surface area contributed by atoms with Crippen LogP contribution in [0.3, 0.4) is 0 Å². The number of anilines is 2. The Morgan fingerprint density at radius 2 is 1.78 bits per heavy atom. The fraction of sp³-hybridized carbons (Fsp3) is 0.741. The molecule has 3 saturated heterocycles. The van der Waals surface area contributed by atoms with Crippen molar-refractivity contribution in [1.29, 1.82) is 5.41 Å². The van der Waals surface area contributed by atoms with Crippen LogP contribution in [0.4, 0.5) is 11.6 Å². The van der Waals surface area contributed by atoms with Crippen molar-refractivity contribution in [2.45, 2.75) is 63.5 Å². The van der Waals surface area contributed by atoms with Gasteiger partial charge in [-0.05, 0) is 57.2 Å². The summed E-state index contributed by atoms with van der Waals surface area (Å²) in [6.45, 7) is 8.14. The maximum Gasteiger partial charge on any atom is 0.270 e. The summed E-state index contributed by atoms with van der Waals surface area (Å²) in [7, 11) is 3.59. The maximum atomic E-state index is 13.0. The van der Waals surface area contributed by atoms with E-state index in [4.69, 9.17) is 15.1 Å². The molecule has 1 aromatic heterocycles. The van der Waals surface area contributed by atoms with Crippen molar-refractivity contribution in [3.63, 3.8) is 0 Å². The Labute approximate surface area is 216 Å². The molecule has 36 heavy (non-hydrogen) atoms. The monoisotopic (exact) mass is 499 g/mol. The highest BCUT2D eigenvalue weighted by Crippen LogP contribution is 2.23. The summed E-state index contributed by atoms with van der Waals surface area (Å²) >= 11 is 0. The topological polar surface area (TPSA) is 96.8 Å². The molecule has 3 fully saturated rings. The number of hydrogen-bond donors (Lipinski definition) is 3. The largest absolute Gasteiger partial charge is 0.383 e. The second-order valence-corrected chi connectivity index (χ2v) is 10.5. The molecular weight excluding hydrogens is 454 g/mol. The van der Waals surface area contributed by atoms with Gasteiger partial charge in [0.25, 0.3) is 5.91 Å². The van der Waals surface area contributed by atoms with Gasteiger partial charge in [0, 0.05) is 71.1 Å². The van der Waals surface area contributed by atoms with Crippen LogP contribution in [0.5, 0.6) is 0 Å². The molecule has 200 valence electrons. The molecule has 0 radical (unpaired) electrons. The summed E-state index contributed by atoms with van der Waals surface area (Å²) in [4.78, 5) is 25.1. The van der Waals surface area contributed by atoms with Crippen molar-refractivity contribution >= 4 is 23.3 Å². The Hall–Kier alpha value is -2.23. The fourth-order valence-corrected chi connectivity index (χ4v) is 5.84. The number of rotatable bonds is 10. The Morgan fingerprint density at radius 1 is 1.03 bits per heavy atom. The molecular formula is C27H45N7O2. The Bertz CT molecular complexity index is 864. The van der Waals surface area contributed by atoms with Crippen molar-refractivity contribution in [2.24, 2.45) is 0 Å². The number of amides is 1. The highest BCUT2D eigenvalue weighted by Gasteiger charge is 2.27. The molecule has 9 heteroatoms. The Balaban J connectivity index is 1.25. The molecule has 4 heterocycles. The minimum atomic E-state index is -0.311. The first-order valence-corrected chi connectivity index (χ1v) is 13.9. The molecule has 0 saturated carbocycles. The minimum absolute atomic E-state index is 0.0186. The van der Waals surface area contributed by atoms with E-state index >= 15 is 0 Å². The first kappa shape index (κ1) is 26.8. The molecule has 0 aliphatic carbocycles. The summed E-state index contributed by atoms with van der Waals surface area (Å²) in [5.74, 6) is 1.21. The number of likely N-dealkylation sites (tertiary alicyclic amines) is 2. The molecule has 3 N–H and O–H groups in total. The third-order valence-corrected chi connectivity index (χ3v) is 8.03. The van der Waals surface area contributed by atoms with Gasteiger partial charge in [-0.3, -0.25) is 15.1 Å². The van der Waals surface area contributed by atoms with Crippen molar-refractivity contribution in [3.05, 3.63) is 17.7 Å². The van der Waals surface area contributed by atoms with Gasteiger partial charge in [0.2, 0.25) is 0 Å². The predicted molar refractivity (Wildman–Crippen MR) is 145 cm³/mol. The van der Waals surface area contributed by atoms with E-state index in [-0.39, 0.29) is 17.7 Å². The maximum absolute atomic E-state index is 13.0. The molecule has 3 aliphatic rings. The summed E-state index contributed by atoms with van der Waals surface area (Å²) < 4.78 is 5.38. The lowest BCUT2D eigenvalue weighted by molar-refractivity contribution is -0.115. The lowest BCUT2D eigenvalue weighted by Gasteiger charge is -2.34. The third-order valence-electron chi connectivity index (χ3n) is 8.03. The van der Waals surface area contributed by atoms with Crippen molar-refractivity contribution in [2.75, 3.05) is 76.8 Å². The molecule has 0 spiro atoms. The average Bonchev–Trinajstić information content (AvgIpc) is 3.17. The van der Waals surface area contributed by atoms with Gasteiger partial charge in [0.05, 0.1) is 6.61 Å². The lowest BCUT2D eigenvalue weighted by atomic mass is 10.0. The van der Waals surface area contributed by atoms with E-state index in [1.54, 1.807) is 14.2 Å². The summed E-state index contributed by atoms with van der Waals surface area (Å²) in [6.07, 6.45) is 9.25. The zero-order valence-electron chi connectivity index (χ0n) is 22.2. The number of carbonyl (C=O) groups excluding carboxylic acids is 1.